The molecule has 10 nitrogen and oxygen atoms in total. The zero-order valence-corrected chi connectivity index (χ0v) is 27.9. The monoisotopic (exact) mass is 658 g/mol. The molecule has 2 heterocycles. The maximum absolute atomic E-state index is 13.1. The van der Waals surface area contributed by atoms with Crippen LogP contribution in [0.3, 0.4) is 0 Å². The number of aliphatic hydroxyl groups is 1. The SMILES string of the molecule is CC(C)(C)OC(=O)[C@@H]1CCCN1C[C@H]1C[C@@H](c2ccc(CO)cc2)O[C@@H](c2cccc(-c3cccc(CNC(=O)CCC(=O)O)c3)c2)O1. The molecule has 256 valence electrons. The molecule has 0 aromatic heterocycles. The Kier molecular flexibility index (Phi) is 11.6. The van der Waals surface area contributed by atoms with Crippen molar-refractivity contribution in [2.75, 3.05) is 13.1 Å². The molecular formula is C38H46N2O8. The Bertz CT molecular complexity index is 1570. The van der Waals surface area contributed by atoms with Crippen LogP contribution >= 0.6 is 0 Å². The van der Waals surface area contributed by atoms with Crippen LogP contribution in [0.5, 0.6) is 0 Å². The number of carboxylic acids is 1. The summed E-state index contributed by atoms with van der Waals surface area (Å²) in [5.74, 6) is -1.51. The van der Waals surface area contributed by atoms with Crippen molar-refractivity contribution in [2.45, 2.75) is 96.2 Å². The molecule has 0 spiro atoms. The van der Waals surface area contributed by atoms with Crippen LogP contribution in [-0.2, 0) is 41.7 Å². The lowest BCUT2D eigenvalue weighted by atomic mass is 9.98. The van der Waals surface area contributed by atoms with Gasteiger partial charge in [0.15, 0.2) is 6.29 Å². The van der Waals surface area contributed by atoms with Crippen molar-refractivity contribution >= 4 is 17.8 Å². The third-order valence-corrected chi connectivity index (χ3v) is 8.57. The fourth-order valence-electron chi connectivity index (χ4n) is 6.21. The van der Waals surface area contributed by atoms with Gasteiger partial charge in [-0.15, -0.1) is 0 Å². The highest BCUT2D eigenvalue weighted by atomic mass is 16.7. The Morgan fingerprint density at radius 2 is 1.65 bits per heavy atom. The molecule has 0 bridgehead atoms. The first-order chi connectivity index (χ1) is 23.0. The molecule has 0 aliphatic carbocycles. The highest BCUT2D eigenvalue weighted by molar-refractivity contribution is 5.80. The van der Waals surface area contributed by atoms with E-state index in [-0.39, 0.29) is 49.6 Å². The molecule has 0 radical (unpaired) electrons. The third kappa shape index (κ3) is 9.73. The van der Waals surface area contributed by atoms with Gasteiger partial charge in [-0.3, -0.25) is 19.3 Å². The Balaban J connectivity index is 1.34. The second-order valence-corrected chi connectivity index (χ2v) is 13.5. The third-order valence-electron chi connectivity index (χ3n) is 8.57. The number of aliphatic hydroxyl groups excluding tert-OH is 1. The minimum Gasteiger partial charge on any atom is -0.481 e. The number of carbonyl (C=O) groups excluding carboxylic acids is 2. The molecule has 3 N–H and O–H groups in total. The van der Waals surface area contributed by atoms with Crippen molar-refractivity contribution in [3.05, 3.63) is 95.1 Å². The van der Waals surface area contributed by atoms with Crippen molar-refractivity contribution in [1.82, 2.24) is 10.2 Å². The van der Waals surface area contributed by atoms with Gasteiger partial charge in [-0.05, 0) is 80.1 Å². The maximum atomic E-state index is 13.1. The molecule has 4 atom stereocenters. The molecule has 2 fully saturated rings. The number of ether oxygens (including phenoxy) is 3. The highest BCUT2D eigenvalue weighted by Crippen LogP contribution is 2.39. The van der Waals surface area contributed by atoms with Crippen LogP contribution in [0.2, 0.25) is 0 Å². The van der Waals surface area contributed by atoms with Crippen LogP contribution in [0.25, 0.3) is 11.1 Å². The first-order valence-corrected chi connectivity index (χ1v) is 16.6. The van der Waals surface area contributed by atoms with Gasteiger partial charge in [-0.2, -0.15) is 0 Å². The van der Waals surface area contributed by atoms with E-state index in [0.29, 0.717) is 19.5 Å². The van der Waals surface area contributed by atoms with Gasteiger partial charge >= 0.3 is 11.9 Å². The Labute approximate surface area is 282 Å². The molecule has 10 heteroatoms. The lowest BCUT2D eigenvalue weighted by Gasteiger charge is -2.38. The summed E-state index contributed by atoms with van der Waals surface area (Å²) in [6, 6.07) is 23.3. The molecule has 0 unspecified atom stereocenters. The van der Waals surface area contributed by atoms with Gasteiger partial charge in [0, 0.05) is 31.5 Å². The number of rotatable bonds is 12. The van der Waals surface area contributed by atoms with Crippen LogP contribution in [0.4, 0.5) is 0 Å². The summed E-state index contributed by atoms with van der Waals surface area (Å²) in [5, 5.41) is 21.2. The van der Waals surface area contributed by atoms with Crippen molar-refractivity contribution in [1.29, 1.82) is 0 Å². The molecule has 2 saturated heterocycles. The molecule has 1 amide bonds. The number of hydrogen-bond donors (Lipinski definition) is 3. The first kappa shape index (κ1) is 35.2. The molecule has 5 rings (SSSR count). The van der Waals surface area contributed by atoms with Crippen molar-refractivity contribution in [3.8, 4) is 11.1 Å². The van der Waals surface area contributed by atoms with E-state index in [0.717, 1.165) is 52.8 Å². The molecule has 3 aromatic rings. The van der Waals surface area contributed by atoms with E-state index >= 15 is 0 Å². The van der Waals surface area contributed by atoms with E-state index in [4.69, 9.17) is 19.3 Å². The van der Waals surface area contributed by atoms with Gasteiger partial charge in [0.05, 0.1) is 25.2 Å². The van der Waals surface area contributed by atoms with Gasteiger partial charge in [0.2, 0.25) is 5.91 Å². The molecule has 0 saturated carbocycles. The number of carboxylic acid groups (broad SMARTS) is 1. The molecule has 2 aliphatic heterocycles. The van der Waals surface area contributed by atoms with E-state index in [2.05, 4.69) is 10.2 Å². The van der Waals surface area contributed by atoms with Crippen LogP contribution in [0, 0.1) is 0 Å². The predicted octanol–water partition coefficient (Wildman–Crippen LogP) is 5.68. The summed E-state index contributed by atoms with van der Waals surface area (Å²) in [6.45, 7) is 7.27. The maximum Gasteiger partial charge on any atom is 0.323 e. The van der Waals surface area contributed by atoms with Crippen LogP contribution < -0.4 is 5.32 Å². The Hall–Kier alpha value is -4.09. The molecular weight excluding hydrogens is 612 g/mol. The Morgan fingerprint density at radius 3 is 2.35 bits per heavy atom. The predicted molar refractivity (Wildman–Crippen MR) is 179 cm³/mol. The van der Waals surface area contributed by atoms with E-state index < -0.39 is 17.9 Å². The molecule has 48 heavy (non-hydrogen) atoms. The lowest BCUT2D eigenvalue weighted by molar-refractivity contribution is -0.253. The quantitative estimate of drug-likeness (QED) is 0.210. The summed E-state index contributed by atoms with van der Waals surface area (Å²) >= 11 is 0. The van der Waals surface area contributed by atoms with Gasteiger partial charge in [-0.1, -0.05) is 60.7 Å². The van der Waals surface area contributed by atoms with E-state index in [1.165, 1.54) is 0 Å². The number of carbonyl (C=O) groups is 3. The average molecular weight is 659 g/mol. The second kappa shape index (κ2) is 15.9. The van der Waals surface area contributed by atoms with E-state index in [9.17, 15) is 19.5 Å². The van der Waals surface area contributed by atoms with Crippen molar-refractivity contribution in [3.63, 3.8) is 0 Å². The van der Waals surface area contributed by atoms with Gasteiger partial charge in [-0.25, -0.2) is 0 Å². The number of likely N-dealkylation sites (tertiary alicyclic amines) is 1. The zero-order chi connectivity index (χ0) is 34.3. The fourth-order valence-corrected chi connectivity index (χ4v) is 6.21. The number of benzene rings is 3. The molecule has 3 aromatic carbocycles. The largest absolute Gasteiger partial charge is 0.481 e. The van der Waals surface area contributed by atoms with Gasteiger partial charge in [0.1, 0.15) is 11.6 Å². The fraction of sp³-hybridized carbons (Fsp3) is 0.447. The summed E-state index contributed by atoms with van der Waals surface area (Å²) in [6.07, 6.45) is 0.855. The molecule has 2 aliphatic rings. The van der Waals surface area contributed by atoms with Crippen LogP contribution in [-0.4, -0.2) is 63.8 Å². The number of amides is 1. The van der Waals surface area contributed by atoms with Crippen LogP contribution in [0.1, 0.15) is 87.5 Å². The normalized spacial score (nSPS) is 21.5. The number of aliphatic carboxylic acids is 1. The van der Waals surface area contributed by atoms with Crippen LogP contribution in [0.15, 0.2) is 72.8 Å². The standard InChI is InChI=1S/C38H46N2O8/c1-38(2,3)48-36(45)32-11-6-18-40(32)23-31-21-33(27-14-12-25(24-41)13-15-27)47-37(46-31)30-10-5-9-29(20-30)28-8-4-7-26(19-28)22-39-34(42)16-17-35(43)44/h4-5,7-10,12-15,19-20,31-33,37,41H,6,11,16-18,21-24H2,1-3H3,(H,39,42)(H,43,44)/t31-,32+,33+,37+/m1/s1. The second-order valence-electron chi connectivity index (χ2n) is 13.5. The number of esters is 1. The minimum atomic E-state index is -1.00. The summed E-state index contributed by atoms with van der Waals surface area (Å²) in [4.78, 5) is 38.1. The van der Waals surface area contributed by atoms with Crippen molar-refractivity contribution in [2.24, 2.45) is 0 Å². The van der Waals surface area contributed by atoms with E-state index in [1.54, 1.807) is 0 Å². The topological polar surface area (TPSA) is 135 Å². The first-order valence-electron chi connectivity index (χ1n) is 16.6. The van der Waals surface area contributed by atoms with Gasteiger partial charge in [0.25, 0.3) is 0 Å². The zero-order valence-electron chi connectivity index (χ0n) is 27.9. The lowest BCUT2D eigenvalue weighted by Crippen LogP contribution is -2.45. The highest BCUT2D eigenvalue weighted by Gasteiger charge is 2.39. The number of nitrogens with one attached hydrogen (secondary N) is 1. The van der Waals surface area contributed by atoms with E-state index in [1.807, 2.05) is 93.6 Å². The van der Waals surface area contributed by atoms with Gasteiger partial charge < -0.3 is 29.7 Å². The smallest absolute Gasteiger partial charge is 0.323 e. The summed E-state index contributed by atoms with van der Waals surface area (Å²) < 4.78 is 19.0. The Morgan fingerprint density at radius 1 is 0.917 bits per heavy atom. The van der Waals surface area contributed by atoms with Crippen molar-refractivity contribution < 1.29 is 38.8 Å². The number of hydrogen-bond acceptors (Lipinski definition) is 8. The minimum absolute atomic E-state index is 0.0355. The summed E-state index contributed by atoms with van der Waals surface area (Å²) in [5.41, 5.74) is 4.91. The summed E-state index contributed by atoms with van der Waals surface area (Å²) in [7, 11) is 0. The average Bonchev–Trinajstić information content (AvgIpc) is 3.54. The number of nitrogens with zero attached hydrogens (tertiary/aromatic N) is 1.